The minimum Gasteiger partial charge on any atom is -0.393 e. The van der Waals surface area contributed by atoms with Gasteiger partial charge in [-0.1, -0.05) is 25.5 Å². The highest BCUT2D eigenvalue weighted by molar-refractivity contribution is 7.89. The fourth-order valence-corrected chi connectivity index (χ4v) is 2.68. The monoisotopic (exact) mass is 287 g/mol. The standard InChI is InChI=1S/C13H21NO4S/c1-3-4-11-5-7-12(8-6-11)19(17,18)14-9-13(2,16)10-15/h5-8,14-16H,3-4,9-10H2,1-2H3. The molecule has 1 unspecified atom stereocenters. The normalized spacial score (nSPS) is 15.2. The van der Waals surface area contributed by atoms with Crippen LogP contribution in [0.15, 0.2) is 29.2 Å². The quantitative estimate of drug-likeness (QED) is 0.687. The maximum absolute atomic E-state index is 12.0. The number of hydrogen-bond donors (Lipinski definition) is 3. The van der Waals surface area contributed by atoms with E-state index < -0.39 is 22.2 Å². The Bertz CT molecular complexity index is 494. The summed E-state index contributed by atoms with van der Waals surface area (Å²) in [6, 6.07) is 6.65. The van der Waals surface area contributed by atoms with Crippen LogP contribution in [-0.4, -0.2) is 37.4 Å². The molecule has 6 heteroatoms. The van der Waals surface area contributed by atoms with E-state index in [1.54, 1.807) is 24.3 Å². The van der Waals surface area contributed by atoms with E-state index in [-0.39, 0.29) is 11.4 Å². The van der Waals surface area contributed by atoms with E-state index in [1.807, 2.05) is 0 Å². The first-order valence-electron chi connectivity index (χ1n) is 6.22. The van der Waals surface area contributed by atoms with Crippen molar-refractivity contribution >= 4 is 10.0 Å². The predicted octanol–water partition coefficient (Wildman–Crippen LogP) is 0.661. The molecule has 3 N–H and O–H groups in total. The molecule has 5 nitrogen and oxygen atoms in total. The number of benzene rings is 1. The largest absolute Gasteiger partial charge is 0.393 e. The summed E-state index contributed by atoms with van der Waals surface area (Å²) in [4.78, 5) is 0.154. The summed E-state index contributed by atoms with van der Waals surface area (Å²) in [5.41, 5.74) is -0.376. The lowest BCUT2D eigenvalue weighted by atomic mass is 10.1. The number of aliphatic hydroxyl groups excluding tert-OH is 1. The molecule has 1 aromatic carbocycles. The zero-order valence-electron chi connectivity index (χ0n) is 11.3. The summed E-state index contributed by atoms with van der Waals surface area (Å²) in [5, 5.41) is 18.4. The molecule has 0 aliphatic rings. The van der Waals surface area contributed by atoms with Crippen LogP contribution in [0.5, 0.6) is 0 Å². The molecule has 0 saturated carbocycles. The van der Waals surface area contributed by atoms with Crippen molar-refractivity contribution in [3.8, 4) is 0 Å². The molecule has 108 valence electrons. The number of aliphatic hydroxyl groups is 2. The third-order valence-electron chi connectivity index (χ3n) is 2.76. The van der Waals surface area contributed by atoms with Gasteiger partial charge in [0.15, 0.2) is 0 Å². The molecule has 0 saturated heterocycles. The third-order valence-corrected chi connectivity index (χ3v) is 4.17. The highest BCUT2D eigenvalue weighted by Crippen LogP contribution is 2.12. The Balaban J connectivity index is 2.77. The Hall–Kier alpha value is -0.950. The highest BCUT2D eigenvalue weighted by atomic mass is 32.2. The second kappa shape index (κ2) is 6.47. The first kappa shape index (κ1) is 16.1. The van der Waals surface area contributed by atoms with Crippen LogP contribution in [0.1, 0.15) is 25.8 Å². The van der Waals surface area contributed by atoms with Crippen LogP contribution in [0, 0.1) is 0 Å². The third kappa shape index (κ3) is 4.91. The minimum atomic E-state index is -3.66. The van der Waals surface area contributed by atoms with Crippen molar-refractivity contribution in [2.75, 3.05) is 13.2 Å². The molecular weight excluding hydrogens is 266 g/mol. The summed E-state index contributed by atoms with van der Waals surface area (Å²) >= 11 is 0. The zero-order chi connectivity index (χ0) is 14.5. The van der Waals surface area contributed by atoms with Gasteiger partial charge >= 0.3 is 0 Å². The van der Waals surface area contributed by atoms with Crippen LogP contribution in [-0.2, 0) is 16.4 Å². The second-order valence-corrected chi connectivity index (χ2v) is 6.64. The van der Waals surface area contributed by atoms with Crippen LogP contribution >= 0.6 is 0 Å². The molecule has 0 fully saturated rings. The maximum Gasteiger partial charge on any atom is 0.240 e. The lowest BCUT2D eigenvalue weighted by Crippen LogP contribution is -2.43. The van der Waals surface area contributed by atoms with Gasteiger partial charge in [0, 0.05) is 6.54 Å². The lowest BCUT2D eigenvalue weighted by Gasteiger charge is -2.20. The van der Waals surface area contributed by atoms with Gasteiger partial charge in [0.05, 0.1) is 17.1 Å². The van der Waals surface area contributed by atoms with Gasteiger partial charge in [0.2, 0.25) is 10.0 Å². The summed E-state index contributed by atoms with van der Waals surface area (Å²) in [6.45, 7) is 2.68. The van der Waals surface area contributed by atoms with Crippen LogP contribution in [0.25, 0.3) is 0 Å². The maximum atomic E-state index is 12.0. The molecule has 0 aliphatic carbocycles. The molecule has 0 amide bonds. The van der Waals surface area contributed by atoms with Crippen LogP contribution in [0.2, 0.25) is 0 Å². The Labute approximate surface area is 114 Å². The number of sulfonamides is 1. The minimum absolute atomic E-state index is 0.154. The topological polar surface area (TPSA) is 86.6 Å². The average molecular weight is 287 g/mol. The molecule has 1 rings (SSSR count). The van der Waals surface area contributed by atoms with Crippen LogP contribution < -0.4 is 4.72 Å². The summed E-state index contributed by atoms with van der Waals surface area (Å²) < 4.78 is 26.2. The highest BCUT2D eigenvalue weighted by Gasteiger charge is 2.23. The van der Waals surface area contributed by atoms with Crippen molar-refractivity contribution in [1.29, 1.82) is 0 Å². The summed E-state index contributed by atoms with van der Waals surface area (Å²) in [5.74, 6) is 0. The molecule has 0 spiro atoms. The molecule has 0 radical (unpaired) electrons. The van der Waals surface area contributed by atoms with E-state index in [2.05, 4.69) is 11.6 Å². The van der Waals surface area contributed by atoms with Crippen LogP contribution in [0.3, 0.4) is 0 Å². The predicted molar refractivity (Wildman–Crippen MR) is 73.3 cm³/mol. The van der Waals surface area contributed by atoms with Crippen molar-refractivity contribution < 1.29 is 18.6 Å². The molecule has 19 heavy (non-hydrogen) atoms. The van der Waals surface area contributed by atoms with E-state index in [0.29, 0.717) is 0 Å². The Morgan fingerprint density at radius 1 is 1.26 bits per heavy atom. The van der Waals surface area contributed by atoms with E-state index in [0.717, 1.165) is 18.4 Å². The zero-order valence-corrected chi connectivity index (χ0v) is 12.1. The van der Waals surface area contributed by atoms with Crippen molar-refractivity contribution in [3.63, 3.8) is 0 Å². The Morgan fingerprint density at radius 3 is 2.32 bits per heavy atom. The number of aryl methyl sites for hydroxylation is 1. The lowest BCUT2D eigenvalue weighted by molar-refractivity contribution is 0.00681. The molecular formula is C13H21NO4S. The molecule has 0 aromatic heterocycles. The van der Waals surface area contributed by atoms with Gasteiger partial charge in [-0.15, -0.1) is 0 Å². The van der Waals surface area contributed by atoms with Gasteiger partial charge in [0.25, 0.3) is 0 Å². The van der Waals surface area contributed by atoms with Gasteiger partial charge < -0.3 is 10.2 Å². The van der Waals surface area contributed by atoms with Crippen molar-refractivity contribution in [2.24, 2.45) is 0 Å². The van der Waals surface area contributed by atoms with Crippen molar-refractivity contribution in [2.45, 2.75) is 37.2 Å². The summed E-state index contributed by atoms with van der Waals surface area (Å²) in [7, 11) is -3.66. The molecule has 1 aromatic rings. The Morgan fingerprint density at radius 2 is 1.84 bits per heavy atom. The van der Waals surface area contributed by atoms with Gasteiger partial charge in [-0.3, -0.25) is 0 Å². The van der Waals surface area contributed by atoms with E-state index in [4.69, 9.17) is 5.11 Å². The summed E-state index contributed by atoms with van der Waals surface area (Å²) in [6.07, 6.45) is 1.91. The molecule has 0 bridgehead atoms. The van der Waals surface area contributed by atoms with E-state index >= 15 is 0 Å². The number of hydrogen-bond acceptors (Lipinski definition) is 4. The first-order valence-corrected chi connectivity index (χ1v) is 7.71. The fourth-order valence-electron chi connectivity index (χ4n) is 1.51. The number of rotatable bonds is 7. The van der Waals surface area contributed by atoms with Crippen molar-refractivity contribution in [3.05, 3.63) is 29.8 Å². The van der Waals surface area contributed by atoms with E-state index in [9.17, 15) is 13.5 Å². The first-order chi connectivity index (χ1) is 8.80. The van der Waals surface area contributed by atoms with Crippen LogP contribution in [0.4, 0.5) is 0 Å². The second-order valence-electron chi connectivity index (χ2n) is 4.87. The smallest absolute Gasteiger partial charge is 0.240 e. The molecule has 1 atom stereocenters. The molecule has 0 aliphatic heterocycles. The van der Waals surface area contributed by atoms with Gasteiger partial charge in [0.1, 0.15) is 0 Å². The fraction of sp³-hybridized carbons (Fsp3) is 0.538. The van der Waals surface area contributed by atoms with E-state index in [1.165, 1.54) is 6.92 Å². The molecule has 0 heterocycles. The average Bonchev–Trinajstić information content (AvgIpc) is 2.38. The van der Waals surface area contributed by atoms with Gasteiger partial charge in [-0.2, -0.15) is 0 Å². The van der Waals surface area contributed by atoms with Gasteiger partial charge in [-0.05, 0) is 31.0 Å². The Kier molecular flexibility index (Phi) is 5.49. The van der Waals surface area contributed by atoms with Gasteiger partial charge in [-0.25, -0.2) is 13.1 Å². The van der Waals surface area contributed by atoms with Crippen molar-refractivity contribution in [1.82, 2.24) is 4.72 Å². The number of nitrogens with one attached hydrogen (secondary N) is 1. The SMILES string of the molecule is CCCc1ccc(S(=O)(=O)NCC(C)(O)CO)cc1.